The van der Waals surface area contributed by atoms with Gasteiger partial charge in [0.15, 0.2) is 0 Å². The van der Waals surface area contributed by atoms with Crippen LogP contribution in [0.4, 0.5) is 5.69 Å². The number of benzene rings is 1. The lowest BCUT2D eigenvalue weighted by Crippen LogP contribution is -2.13. The number of amides is 1. The maximum Gasteiger partial charge on any atom is 0.274 e. The van der Waals surface area contributed by atoms with Gasteiger partial charge in [-0.15, -0.1) is 11.8 Å². The molecule has 0 aliphatic carbocycles. The average Bonchev–Trinajstić information content (AvgIpc) is 2.39. The molecule has 0 spiro atoms. The van der Waals surface area contributed by atoms with E-state index in [1.807, 2.05) is 30.5 Å². The van der Waals surface area contributed by atoms with Crippen LogP contribution >= 0.6 is 27.7 Å². The Kier molecular flexibility index (Phi) is 4.38. The van der Waals surface area contributed by atoms with Gasteiger partial charge in [-0.25, -0.2) is 4.98 Å². The molecule has 5 heteroatoms. The summed E-state index contributed by atoms with van der Waals surface area (Å²) in [6.45, 7) is 0. The lowest BCUT2D eigenvalue weighted by atomic mass is 10.3. The van der Waals surface area contributed by atoms with Gasteiger partial charge in [0.1, 0.15) is 5.69 Å². The topological polar surface area (TPSA) is 42.0 Å². The number of hydrogen-bond donors (Lipinski definition) is 1. The Morgan fingerprint density at radius 2 is 2.17 bits per heavy atom. The monoisotopic (exact) mass is 322 g/mol. The molecule has 1 aromatic heterocycles. The number of hydrogen-bond acceptors (Lipinski definition) is 3. The molecule has 0 radical (unpaired) electrons. The Hall–Kier alpha value is -1.33. The number of anilines is 1. The first-order valence-corrected chi connectivity index (χ1v) is 7.28. The SMILES string of the molecule is CSc1cccc(NC(=O)c2ccc(Br)cn2)c1. The number of halogens is 1. The molecule has 1 aromatic carbocycles. The zero-order valence-corrected chi connectivity index (χ0v) is 12.1. The average molecular weight is 323 g/mol. The molecule has 1 N–H and O–H groups in total. The Morgan fingerprint density at radius 3 is 2.83 bits per heavy atom. The van der Waals surface area contributed by atoms with Crippen molar-refractivity contribution in [3.63, 3.8) is 0 Å². The van der Waals surface area contributed by atoms with Crippen molar-refractivity contribution in [3.05, 3.63) is 52.8 Å². The highest BCUT2D eigenvalue weighted by Gasteiger charge is 2.07. The van der Waals surface area contributed by atoms with E-state index < -0.39 is 0 Å². The van der Waals surface area contributed by atoms with Crippen LogP contribution in [0.2, 0.25) is 0 Å². The van der Waals surface area contributed by atoms with E-state index in [1.54, 1.807) is 30.1 Å². The van der Waals surface area contributed by atoms with Crippen molar-refractivity contribution in [2.24, 2.45) is 0 Å². The third kappa shape index (κ3) is 3.34. The van der Waals surface area contributed by atoms with Crippen LogP contribution in [-0.4, -0.2) is 17.1 Å². The van der Waals surface area contributed by atoms with Crippen LogP contribution < -0.4 is 5.32 Å². The molecule has 0 unspecified atom stereocenters. The van der Waals surface area contributed by atoms with Crippen LogP contribution in [0.15, 0.2) is 52.0 Å². The summed E-state index contributed by atoms with van der Waals surface area (Å²) in [6, 6.07) is 11.2. The Bertz CT molecular complexity index is 557. The van der Waals surface area contributed by atoms with E-state index in [1.165, 1.54) is 0 Å². The van der Waals surface area contributed by atoms with Crippen LogP contribution in [0.1, 0.15) is 10.5 Å². The molecule has 0 bridgehead atoms. The van der Waals surface area contributed by atoms with Gasteiger partial charge in [0, 0.05) is 21.3 Å². The van der Waals surface area contributed by atoms with Gasteiger partial charge in [0.05, 0.1) is 0 Å². The fourth-order valence-corrected chi connectivity index (χ4v) is 2.10. The summed E-state index contributed by atoms with van der Waals surface area (Å²) in [5, 5.41) is 2.82. The first-order valence-electron chi connectivity index (χ1n) is 5.26. The quantitative estimate of drug-likeness (QED) is 0.873. The van der Waals surface area contributed by atoms with E-state index in [0.29, 0.717) is 5.69 Å². The fourth-order valence-electron chi connectivity index (χ4n) is 1.41. The van der Waals surface area contributed by atoms with Gasteiger partial charge in [-0.2, -0.15) is 0 Å². The second-order valence-electron chi connectivity index (χ2n) is 3.55. The van der Waals surface area contributed by atoms with Crippen LogP contribution in [0.25, 0.3) is 0 Å². The van der Waals surface area contributed by atoms with Crippen molar-refractivity contribution in [1.82, 2.24) is 4.98 Å². The van der Waals surface area contributed by atoms with Gasteiger partial charge in [0.25, 0.3) is 5.91 Å². The summed E-state index contributed by atoms with van der Waals surface area (Å²) in [7, 11) is 0. The molecule has 2 aromatic rings. The number of carbonyl (C=O) groups is 1. The van der Waals surface area contributed by atoms with Crippen LogP contribution in [0.3, 0.4) is 0 Å². The molecule has 0 fully saturated rings. The fraction of sp³-hybridized carbons (Fsp3) is 0.0769. The molecule has 1 amide bonds. The van der Waals surface area contributed by atoms with E-state index >= 15 is 0 Å². The molecule has 0 atom stereocenters. The largest absolute Gasteiger partial charge is 0.321 e. The molecule has 0 aliphatic rings. The third-order valence-electron chi connectivity index (χ3n) is 2.29. The van der Waals surface area contributed by atoms with Crippen molar-refractivity contribution in [2.75, 3.05) is 11.6 Å². The summed E-state index contributed by atoms with van der Waals surface area (Å²) in [5.41, 5.74) is 1.17. The van der Waals surface area contributed by atoms with E-state index in [4.69, 9.17) is 0 Å². The Morgan fingerprint density at radius 1 is 1.33 bits per heavy atom. The molecule has 92 valence electrons. The maximum atomic E-state index is 11.9. The van der Waals surface area contributed by atoms with E-state index in [9.17, 15) is 4.79 Å². The molecule has 0 saturated carbocycles. The van der Waals surface area contributed by atoms with Gasteiger partial charge in [0.2, 0.25) is 0 Å². The van der Waals surface area contributed by atoms with Crippen molar-refractivity contribution in [1.29, 1.82) is 0 Å². The van der Waals surface area contributed by atoms with Crippen molar-refractivity contribution >= 4 is 39.3 Å². The predicted molar refractivity (Wildman–Crippen MR) is 78.1 cm³/mol. The Labute approximate surface area is 118 Å². The van der Waals surface area contributed by atoms with E-state index in [-0.39, 0.29) is 5.91 Å². The van der Waals surface area contributed by atoms with E-state index in [0.717, 1.165) is 15.1 Å². The van der Waals surface area contributed by atoms with Crippen molar-refractivity contribution in [2.45, 2.75) is 4.90 Å². The van der Waals surface area contributed by atoms with Gasteiger partial charge in [-0.05, 0) is 52.5 Å². The molecule has 0 aliphatic heterocycles. The lowest BCUT2D eigenvalue weighted by molar-refractivity contribution is 0.102. The zero-order valence-electron chi connectivity index (χ0n) is 9.68. The third-order valence-corrected chi connectivity index (χ3v) is 3.48. The number of thioether (sulfide) groups is 1. The molecule has 18 heavy (non-hydrogen) atoms. The predicted octanol–water partition coefficient (Wildman–Crippen LogP) is 3.82. The minimum atomic E-state index is -0.208. The summed E-state index contributed by atoms with van der Waals surface area (Å²) < 4.78 is 0.850. The minimum Gasteiger partial charge on any atom is -0.321 e. The number of pyridine rings is 1. The van der Waals surface area contributed by atoms with Gasteiger partial charge >= 0.3 is 0 Å². The highest BCUT2D eigenvalue weighted by Crippen LogP contribution is 2.19. The number of nitrogens with zero attached hydrogens (tertiary/aromatic N) is 1. The van der Waals surface area contributed by atoms with Crippen molar-refractivity contribution in [3.8, 4) is 0 Å². The first-order chi connectivity index (χ1) is 8.69. The summed E-state index contributed by atoms with van der Waals surface area (Å²) in [6.07, 6.45) is 3.60. The number of nitrogens with one attached hydrogen (secondary N) is 1. The first kappa shape index (κ1) is 13.1. The molecule has 3 nitrogen and oxygen atoms in total. The normalized spacial score (nSPS) is 10.1. The van der Waals surface area contributed by atoms with Crippen molar-refractivity contribution < 1.29 is 4.79 Å². The van der Waals surface area contributed by atoms with Gasteiger partial charge in [-0.1, -0.05) is 6.07 Å². The molecule has 0 saturated heterocycles. The molecule has 1 heterocycles. The smallest absolute Gasteiger partial charge is 0.274 e. The van der Waals surface area contributed by atoms with Gasteiger partial charge < -0.3 is 5.32 Å². The molecular formula is C13H11BrN2OS. The highest BCUT2D eigenvalue weighted by molar-refractivity contribution is 9.10. The van der Waals surface area contributed by atoms with Crippen LogP contribution in [0.5, 0.6) is 0 Å². The van der Waals surface area contributed by atoms with Gasteiger partial charge in [-0.3, -0.25) is 4.79 Å². The lowest BCUT2D eigenvalue weighted by Gasteiger charge is -2.06. The Balaban J connectivity index is 2.13. The number of rotatable bonds is 3. The molecular weight excluding hydrogens is 312 g/mol. The van der Waals surface area contributed by atoms with Crippen LogP contribution in [0, 0.1) is 0 Å². The van der Waals surface area contributed by atoms with Crippen LogP contribution in [-0.2, 0) is 0 Å². The zero-order chi connectivity index (χ0) is 13.0. The number of aromatic nitrogens is 1. The highest BCUT2D eigenvalue weighted by atomic mass is 79.9. The summed E-state index contributed by atoms with van der Waals surface area (Å²) in [4.78, 5) is 17.1. The number of carbonyl (C=O) groups excluding carboxylic acids is 1. The maximum absolute atomic E-state index is 11.9. The second kappa shape index (κ2) is 6.02. The van der Waals surface area contributed by atoms with E-state index in [2.05, 4.69) is 26.2 Å². The minimum absolute atomic E-state index is 0.208. The summed E-state index contributed by atoms with van der Waals surface area (Å²) >= 11 is 4.92. The molecule has 2 rings (SSSR count). The summed E-state index contributed by atoms with van der Waals surface area (Å²) in [5.74, 6) is -0.208. The second-order valence-corrected chi connectivity index (χ2v) is 5.34. The standard InChI is InChI=1S/C13H11BrN2OS/c1-18-11-4-2-3-10(7-11)16-13(17)12-6-5-9(14)8-15-12/h2-8H,1H3,(H,16,17).